The lowest BCUT2D eigenvalue weighted by atomic mass is 10.1. The van der Waals surface area contributed by atoms with Crippen molar-refractivity contribution in [3.8, 4) is 0 Å². The van der Waals surface area contributed by atoms with E-state index in [1.165, 1.54) is 0 Å². The molecule has 0 amide bonds. The minimum atomic E-state index is -0.700. The van der Waals surface area contributed by atoms with Crippen molar-refractivity contribution in [2.45, 2.75) is 26.0 Å². The van der Waals surface area contributed by atoms with Crippen molar-refractivity contribution in [1.82, 2.24) is 9.55 Å². The fourth-order valence-corrected chi connectivity index (χ4v) is 1.92. The molecule has 1 aromatic carbocycles. The Balaban J connectivity index is 2.26. The first-order valence-electron chi connectivity index (χ1n) is 5.67. The second kappa shape index (κ2) is 5.34. The van der Waals surface area contributed by atoms with Crippen LogP contribution in [0.3, 0.4) is 0 Å². The Labute approximate surface area is 106 Å². The quantitative estimate of drug-likeness (QED) is 0.906. The normalized spacial score (nSPS) is 12.6. The first-order chi connectivity index (χ1) is 8.22. The summed E-state index contributed by atoms with van der Waals surface area (Å²) in [6.07, 6.45) is 3.91. The van der Waals surface area contributed by atoms with E-state index in [4.69, 9.17) is 11.6 Å². The van der Waals surface area contributed by atoms with Crippen LogP contribution < -0.4 is 0 Å². The standard InChI is InChI=1S/C13H15ClN2O/c1-2-8-16-9-7-15-13(16)12(17)10-3-5-11(14)6-4-10/h3-7,9,12,17H,2,8H2,1H3. The fraction of sp³-hybridized carbons (Fsp3) is 0.308. The number of halogens is 1. The molecule has 0 radical (unpaired) electrons. The molecule has 0 aliphatic rings. The number of benzene rings is 1. The Morgan fingerprint density at radius 3 is 2.71 bits per heavy atom. The molecule has 0 aliphatic heterocycles. The largest absolute Gasteiger partial charge is 0.380 e. The highest BCUT2D eigenvalue weighted by molar-refractivity contribution is 6.30. The molecule has 1 atom stereocenters. The number of imidazole rings is 1. The van der Waals surface area contributed by atoms with Crippen LogP contribution in [0.2, 0.25) is 5.02 Å². The molecule has 90 valence electrons. The van der Waals surface area contributed by atoms with Gasteiger partial charge < -0.3 is 9.67 Å². The first kappa shape index (κ1) is 12.1. The lowest BCUT2D eigenvalue weighted by Gasteiger charge is -2.13. The van der Waals surface area contributed by atoms with Crippen LogP contribution in [0.15, 0.2) is 36.7 Å². The van der Waals surface area contributed by atoms with Crippen molar-refractivity contribution < 1.29 is 5.11 Å². The van der Waals surface area contributed by atoms with Crippen LogP contribution in [0.4, 0.5) is 0 Å². The lowest BCUT2D eigenvalue weighted by Crippen LogP contribution is -2.09. The van der Waals surface area contributed by atoms with Crippen LogP contribution >= 0.6 is 11.6 Å². The molecular formula is C13H15ClN2O. The third-order valence-electron chi connectivity index (χ3n) is 2.64. The molecule has 1 aromatic heterocycles. The molecule has 0 fully saturated rings. The summed E-state index contributed by atoms with van der Waals surface area (Å²) in [5.74, 6) is 0.675. The van der Waals surface area contributed by atoms with Gasteiger partial charge in [0, 0.05) is 24.0 Å². The second-order valence-electron chi connectivity index (χ2n) is 3.93. The van der Waals surface area contributed by atoms with E-state index in [0.717, 1.165) is 18.5 Å². The zero-order chi connectivity index (χ0) is 12.3. The van der Waals surface area contributed by atoms with Crippen molar-refractivity contribution in [3.63, 3.8) is 0 Å². The summed E-state index contributed by atoms with van der Waals surface area (Å²) in [6, 6.07) is 7.18. The first-order valence-corrected chi connectivity index (χ1v) is 6.04. The summed E-state index contributed by atoms with van der Waals surface area (Å²) < 4.78 is 1.97. The van der Waals surface area contributed by atoms with Crippen LogP contribution in [0.5, 0.6) is 0 Å². The minimum absolute atomic E-state index is 0.665. The van der Waals surface area contributed by atoms with E-state index in [0.29, 0.717) is 10.8 Å². The van der Waals surface area contributed by atoms with Gasteiger partial charge in [-0.05, 0) is 24.1 Å². The van der Waals surface area contributed by atoms with Crippen molar-refractivity contribution in [2.24, 2.45) is 0 Å². The van der Waals surface area contributed by atoms with Crippen LogP contribution in [0.1, 0.15) is 30.8 Å². The number of hydrogen-bond donors (Lipinski definition) is 1. The SMILES string of the molecule is CCCn1ccnc1C(O)c1ccc(Cl)cc1. The zero-order valence-corrected chi connectivity index (χ0v) is 10.4. The average molecular weight is 251 g/mol. The molecule has 2 rings (SSSR count). The smallest absolute Gasteiger partial charge is 0.142 e. The fourth-order valence-electron chi connectivity index (χ4n) is 1.79. The third kappa shape index (κ3) is 2.68. The summed E-state index contributed by atoms with van der Waals surface area (Å²) in [5.41, 5.74) is 0.804. The van der Waals surface area contributed by atoms with Crippen LogP contribution in [0.25, 0.3) is 0 Å². The number of nitrogens with zero attached hydrogens (tertiary/aromatic N) is 2. The van der Waals surface area contributed by atoms with Gasteiger partial charge >= 0.3 is 0 Å². The number of aromatic nitrogens is 2. The number of aliphatic hydroxyl groups is 1. The second-order valence-corrected chi connectivity index (χ2v) is 4.37. The highest BCUT2D eigenvalue weighted by Gasteiger charge is 2.15. The van der Waals surface area contributed by atoms with Crippen molar-refractivity contribution in [2.75, 3.05) is 0 Å². The summed E-state index contributed by atoms with van der Waals surface area (Å²) in [5, 5.41) is 10.9. The summed E-state index contributed by atoms with van der Waals surface area (Å²) >= 11 is 5.82. The van der Waals surface area contributed by atoms with E-state index in [-0.39, 0.29) is 0 Å². The van der Waals surface area contributed by atoms with Gasteiger partial charge in [0.05, 0.1) is 0 Å². The third-order valence-corrected chi connectivity index (χ3v) is 2.89. The monoisotopic (exact) mass is 250 g/mol. The molecule has 0 saturated carbocycles. The van der Waals surface area contributed by atoms with E-state index in [2.05, 4.69) is 11.9 Å². The Hall–Kier alpha value is -1.32. The molecule has 1 heterocycles. The highest BCUT2D eigenvalue weighted by atomic mass is 35.5. The molecule has 17 heavy (non-hydrogen) atoms. The molecule has 1 N–H and O–H groups in total. The topological polar surface area (TPSA) is 38.0 Å². The Morgan fingerprint density at radius 1 is 1.35 bits per heavy atom. The Morgan fingerprint density at radius 2 is 2.06 bits per heavy atom. The van der Waals surface area contributed by atoms with Crippen LogP contribution in [0, 0.1) is 0 Å². The predicted molar refractivity (Wildman–Crippen MR) is 68.0 cm³/mol. The molecule has 0 bridgehead atoms. The van der Waals surface area contributed by atoms with Gasteiger partial charge in [-0.3, -0.25) is 0 Å². The maximum atomic E-state index is 10.3. The molecule has 1 unspecified atom stereocenters. The highest BCUT2D eigenvalue weighted by Crippen LogP contribution is 2.22. The van der Waals surface area contributed by atoms with E-state index >= 15 is 0 Å². The van der Waals surface area contributed by atoms with Gasteiger partial charge in [-0.2, -0.15) is 0 Å². The number of aliphatic hydroxyl groups excluding tert-OH is 1. The van der Waals surface area contributed by atoms with Crippen LogP contribution in [-0.4, -0.2) is 14.7 Å². The molecule has 0 saturated heterocycles. The summed E-state index contributed by atoms with van der Waals surface area (Å²) in [6.45, 7) is 2.96. The zero-order valence-electron chi connectivity index (χ0n) is 9.68. The molecule has 3 nitrogen and oxygen atoms in total. The summed E-state index contributed by atoms with van der Waals surface area (Å²) in [7, 11) is 0. The lowest BCUT2D eigenvalue weighted by molar-refractivity contribution is 0.204. The average Bonchev–Trinajstić information content (AvgIpc) is 2.78. The van der Waals surface area contributed by atoms with E-state index < -0.39 is 6.10 Å². The van der Waals surface area contributed by atoms with Gasteiger partial charge in [0.15, 0.2) is 0 Å². The van der Waals surface area contributed by atoms with Gasteiger partial charge in [0.25, 0.3) is 0 Å². The number of aryl methyl sites for hydroxylation is 1. The molecule has 4 heteroatoms. The van der Waals surface area contributed by atoms with Crippen molar-refractivity contribution in [1.29, 1.82) is 0 Å². The summed E-state index contributed by atoms with van der Waals surface area (Å²) in [4.78, 5) is 4.21. The van der Waals surface area contributed by atoms with Gasteiger partial charge in [0.2, 0.25) is 0 Å². The van der Waals surface area contributed by atoms with E-state index in [1.54, 1.807) is 18.3 Å². The molecule has 2 aromatic rings. The van der Waals surface area contributed by atoms with Gasteiger partial charge in [-0.25, -0.2) is 4.98 Å². The van der Waals surface area contributed by atoms with E-state index in [9.17, 15) is 5.11 Å². The van der Waals surface area contributed by atoms with Crippen LogP contribution in [-0.2, 0) is 6.54 Å². The molecular weight excluding hydrogens is 236 g/mol. The van der Waals surface area contributed by atoms with Crippen molar-refractivity contribution >= 4 is 11.6 Å². The van der Waals surface area contributed by atoms with Crippen molar-refractivity contribution in [3.05, 3.63) is 53.1 Å². The van der Waals surface area contributed by atoms with E-state index in [1.807, 2.05) is 22.9 Å². The number of hydrogen-bond acceptors (Lipinski definition) is 2. The maximum Gasteiger partial charge on any atom is 0.142 e. The Kier molecular flexibility index (Phi) is 3.82. The predicted octanol–water partition coefficient (Wildman–Crippen LogP) is 3.03. The van der Waals surface area contributed by atoms with Gasteiger partial charge in [-0.15, -0.1) is 0 Å². The number of rotatable bonds is 4. The maximum absolute atomic E-state index is 10.3. The van der Waals surface area contributed by atoms with Gasteiger partial charge in [0.1, 0.15) is 11.9 Å². The molecule has 0 spiro atoms. The van der Waals surface area contributed by atoms with Gasteiger partial charge in [-0.1, -0.05) is 30.7 Å². The Bertz CT molecular complexity index is 478. The molecule has 0 aliphatic carbocycles. The minimum Gasteiger partial charge on any atom is -0.380 e.